The lowest BCUT2D eigenvalue weighted by molar-refractivity contribution is -0.119. The molecule has 0 bridgehead atoms. The Bertz CT molecular complexity index is 963. The molecule has 0 aliphatic carbocycles. The Morgan fingerprint density at radius 1 is 1.11 bits per heavy atom. The highest BCUT2D eigenvalue weighted by molar-refractivity contribution is 7.92. The highest BCUT2D eigenvalue weighted by Crippen LogP contribution is 2.28. The number of nitrogens with zero attached hydrogens (tertiary/aromatic N) is 1. The number of anilines is 1. The molecule has 2 aromatic carbocycles. The molecule has 0 aliphatic heterocycles. The zero-order chi connectivity index (χ0) is 20.9. The van der Waals surface area contributed by atoms with E-state index in [1.807, 2.05) is 0 Å². The summed E-state index contributed by atoms with van der Waals surface area (Å²) < 4.78 is 35.9. The number of carbonyl (C=O) groups is 1. The van der Waals surface area contributed by atoms with Crippen LogP contribution in [0.1, 0.15) is 11.1 Å². The van der Waals surface area contributed by atoms with E-state index < -0.39 is 15.9 Å². The Kier molecular flexibility index (Phi) is 7.15. The molecule has 2 rings (SSSR count). The minimum Gasteiger partial charge on any atom is -0.493 e. The van der Waals surface area contributed by atoms with Gasteiger partial charge in [-0.3, -0.25) is 9.10 Å². The first kappa shape index (κ1) is 21.8. The Hall–Kier alpha value is -2.45. The van der Waals surface area contributed by atoms with Crippen LogP contribution in [0, 0.1) is 6.92 Å². The normalized spacial score (nSPS) is 11.0. The van der Waals surface area contributed by atoms with Crippen LogP contribution < -0.4 is 19.1 Å². The number of methoxy groups -OCH3 is 2. The number of amides is 1. The monoisotopic (exact) mass is 426 g/mol. The average molecular weight is 427 g/mol. The molecule has 0 spiro atoms. The largest absolute Gasteiger partial charge is 0.493 e. The summed E-state index contributed by atoms with van der Waals surface area (Å²) in [7, 11) is -0.614. The molecular formula is C19H23ClN2O5S. The molecule has 9 heteroatoms. The molecule has 1 amide bonds. The Morgan fingerprint density at radius 2 is 1.79 bits per heavy atom. The van der Waals surface area contributed by atoms with Crippen molar-refractivity contribution in [2.45, 2.75) is 13.5 Å². The highest BCUT2D eigenvalue weighted by atomic mass is 35.5. The van der Waals surface area contributed by atoms with Crippen molar-refractivity contribution in [2.75, 3.05) is 31.3 Å². The van der Waals surface area contributed by atoms with Gasteiger partial charge in [0.25, 0.3) is 0 Å². The number of benzene rings is 2. The van der Waals surface area contributed by atoms with Crippen LogP contribution in [0.5, 0.6) is 11.5 Å². The molecule has 0 radical (unpaired) electrons. The molecule has 0 aliphatic rings. The van der Waals surface area contributed by atoms with Crippen LogP contribution in [0.3, 0.4) is 0 Å². The van der Waals surface area contributed by atoms with Gasteiger partial charge in [-0.05, 0) is 42.3 Å². The minimum atomic E-state index is -3.68. The molecule has 0 heterocycles. The summed E-state index contributed by atoms with van der Waals surface area (Å²) in [4.78, 5) is 12.4. The van der Waals surface area contributed by atoms with Gasteiger partial charge in [-0.2, -0.15) is 0 Å². The first-order chi connectivity index (χ1) is 13.2. The zero-order valence-corrected chi connectivity index (χ0v) is 17.7. The van der Waals surface area contributed by atoms with E-state index >= 15 is 0 Å². The van der Waals surface area contributed by atoms with E-state index in [-0.39, 0.29) is 13.1 Å². The number of carbonyl (C=O) groups excluding carboxylic acids is 1. The maximum atomic E-state index is 12.4. The maximum absolute atomic E-state index is 12.4. The Morgan fingerprint density at radius 3 is 2.39 bits per heavy atom. The van der Waals surface area contributed by atoms with E-state index in [4.69, 9.17) is 21.1 Å². The second-order valence-corrected chi connectivity index (χ2v) is 8.51. The number of ether oxygens (including phenoxy) is 2. The van der Waals surface area contributed by atoms with Crippen molar-refractivity contribution >= 4 is 33.2 Å². The van der Waals surface area contributed by atoms with Crippen LogP contribution in [0.15, 0.2) is 36.4 Å². The second kappa shape index (κ2) is 9.16. The van der Waals surface area contributed by atoms with Gasteiger partial charge >= 0.3 is 0 Å². The molecule has 152 valence electrons. The molecule has 2 aromatic rings. The van der Waals surface area contributed by atoms with Crippen molar-refractivity contribution in [3.05, 3.63) is 52.5 Å². The van der Waals surface area contributed by atoms with Gasteiger partial charge in [-0.1, -0.05) is 23.7 Å². The number of nitrogens with one attached hydrogen (secondary N) is 1. The van der Waals surface area contributed by atoms with Gasteiger partial charge < -0.3 is 14.8 Å². The Labute approximate surface area is 170 Å². The van der Waals surface area contributed by atoms with Crippen molar-refractivity contribution < 1.29 is 22.7 Å². The first-order valence-corrected chi connectivity index (χ1v) is 10.6. The third-order valence-electron chi connectivity index (χ3n) is 4.07. The van der Waals surface area contributed by atoms with Crippen LogP contribution in [-0.4, -0.2) is 41.3 Å². The molecule has 7 nitrogen and oxygen atoms in total. The first-order valence-electron chi connectivity index (χ1n) is 8.37. The van der Waals surface area contributed by atoms with Crippen LogP contribution in [-0.2, 0) is 21.4 Å². The summed E-state index contributed by atoms with van der Waals surface area (Å²) in [5.74, 6) is 0.679. The minimum absolute atomic E-state index is 0.214. The van der Waals surface area contributed by atoms with Crippen molar-refractivity contribution in [1.82, 2.24) is 5.32 Å². The van der Waals surface area contributed by atoms with Gasteiger partial charge in [0.2, 0.25) is 15.9 Å². The molecule has 1 N–H and O–H groups in total. The quantitative estimate of drug-likeness (QED) is 0.701. The van der Waals surface area contributed by atoms with E-state index in [0.29, 0.717) is 27.8 Å². The fraction of sp³-hybridized carbons (Fsp3) is 0.316. The van der Waals surface area contributed by atoms with Gasteiger partial charge in [0.15, 0.2) is 11.5 Å². The third kappa shape index (κ3) is 5.53. The smallest absolute Gasteiger partial charge is 0.241 e. The van der Waals surface area contributed by atoms with E-state index in [0.717, 1.165) is 16.1 Å². The second-order valence-electron chi connectivity index (χ2n) is 6.17. The topological polar surface area (TPSA) is 84.9 Å². The summed E-state index contributed by atoms with van der Waals surface area (Å²) in [6.45, 7) is 1.62. The van der Waals surface area contributed by atoms with Crippen molar-refractivity contribution in [3.63, 3.8) is 0 Å². The highest BCUT2D eigenvalue weighted by Gasteiger charge is 2.22. The lowest BCUT2D eigenvalue weighted by Gasteiger charge is -2.24. The molecule has 0 saturated carbocycles. The number of hydrogen-bond donors (Lipinski definition) is 1. The number of halogens is 1. The molecule has 0 saturated heterocycles. The van der Waals surface area contributed by atoms with Crippen molar-refractivity contribution in [1.29, 1.82) is 0 Å². The van der Waals surface area contributed by atoms with Crippen molar-refractivity contribution in [2.24, 2.45) is 0 Å². The molecule has 28 heavy (non-hydrogen) atoms. The summed E-state index contributed by atoms with van der Waals surface area (Å²) in [6.07, 6.45) is 1.05. The summed E-state index contributed by atoms with van der Waals surface area (Å²) in [5, 5.41) is 3.11. The zero-order valence-electron chi connectivity index (χ0n) is 16.2. The van der Waals surface area contributed by atoms with Gasteiger partial charge in [0, 0.05) is 11.6 Å². The molecule has 0 aromatic heterocycles. The van der Waals surface area contributed by atoms with E-state index in [1.165, 1.54) is 20.3 Å². The number of hydrogen-bond acceptors (Lipinski definition) is 5. The standard InChI is InChI=1S/C19H23ClN2O5S/c1-13-5-7-15(20)10-16(13)22(28(4,24)25)12-19(23)21-11-14-6-8-17(26-2)18(9-14)27-3/h5-10H,11-12H2,1-4H3,(H,21,23). The van der Waals surface area contributed by atoms with Gasteiger partial charge in [-0.25, -0.2) is 8.42 Å². The SMILES string of the molecule is COc1ccc(CNC(=O)CN(c2cc(Cl)ccc2C)S(C)(=O)=O)cc1OC. The van der Waals surface area contributed by atoms with Crippen LogP contribution in [0.2, 0.25) is 5.02 Å². The Balaban J connectivity index is 2.14. The molecule has 0 unspecified atom stereocenters. The van der Waals surface area contributed by atoms with Crippen LogP contribution in [0.4, 0.5) is 5.69 Å². The van der Waals surface area contributed by atoms with E-state index in [1.54, 1.807) is 37.3 Å². The van der Waals surface area contributed by atoms with Gasteiger partial charge in [-0.15, -0.1) is 0 Å². The lowest BCUT2D eigenvalue weighted by Crippen LogP contribution is -2.40. The molecular weight excluding hydrogens is 404 g/mol. The third-order valence-corrected chi connectivity index (χ3v) is 5.43. The number of aryl methyl sites for hydroxylation is 1. The van der Waals surface area contributed by atoms with Gasteiger partial charge in [0.1, 0.15) is 6.54 Å². The van der Waals surface area contributed by atoms with Crippen molar-refractivity contribution in [3.8, 4) is 11.5 Å². The fourth-order valence-electron chi connectivity index (χ4n) is 2.61. The lowest BCUT2D eigenvalue weighted by atomic mass is 10.2. The van der Waals surface area contributed by atoms with Crippen LogP contribution in [0.25, 0.3) is 0 Å². The fourth-order valence-corrected chi connectivity index (χ4v) is 3.68. The summed E-state index contributed by atoms with van der Waals surface area (Å²) in [6, 6.07) is 10.2. The number of rotatable bonds is 8. The van der Waals surface area contributed by atoms with E-state index in [9.17, 15) is 13.2 Å². The summed E-state index contributed by atoms with van der Waals surface area (Å²) >= 11 is 6.00. The molecule has 0 fully saturated rings. The maximum Gasteiger partial charge on any atom is 0.241 e. The number of sulfonamides is 1. The molecule has 0 atom stereocenters. The summed E-state index contributed by atoms with van der Waals surface area (Å²) in [5.41, 5.74) is 1.86. The van der Waals surface area contributed by atoms with Crippen LogP contribution >= 0.6 is 11.6 Å². The van der Waals surface area contributed by atoms with Gasteiger partial charge in [0.05, 0.1) is 26.2 Å². The predicted molar refractivity (Wildman–Crippen MR) is 110 cm³/mol. The van der Waals surface area contributed by atoms with E-state index in [2.05, 4.69) is 5.32 Å². The predicted octanol–water partition coefficient (Wildman–Crippen LogP) is 2.75. The average Bonchev–Trinajstić information content (AvgIpc) is 2.65.